The Morgan fingerprint density at radius 1 is 1.77 bits per heavy atom. The number of nitrogens with zero attached hydrogens (tertiary/aromatic N) is 1. The molecule has 0 aliphatic carbocycles. The fraction of sp³-hybridized carbons (Fsp3) is 0.250. The van der Waals surface area contributed by atoms with Crippen LogP contribution in [0, 0.1) is 0 Å². The molecule has 0 saturated carbocycles. The van der Waals surface area contributed by atoms with E-state index in [0.717, 1.165) is 0 Å². The van der Waals surface area contributed by atoms with Crippen molar-refractivity contribution in [3.05, 3.63) is 27.5 Å². The van der Waals surface area contributed by atoms with Crippen molar-refractivity contribution < 1.29 is 9.53 Å². The summed E-state index contributed by atoms with van der Waals surface area (Å²) < 4.78 is 5.15. The van der Waals surface area contributed by atoms with Crippen LogP contribution >= 0.6 is 27.5 Å². The minimum Gasteiger partial charge on any atom is -0.469 e. The van der Waals surface area contributed by atoms with Gasteiger partial charge in [-0.25, -0.2) is 4.98 Å². The van der Waals surface area contributed by atoms with Gasteiger partial charge in [0.05, 0.1) is 13.5 Å². The average Bonchev–Trinajstić information content (AvgIpc) is 2.09. The van der Waals surface area contributed by atoms with Crippen LogP contribution in [0.1, 0.15) is 5.56 Å². The summed E-state index contributed by atoms with van der Waals surface area (Å²) in [6, 6.07) is 1.64. The Hall–Kier alpha value is -0.610. The number of pyridine rings is 1. The molecule has 0 saturated heterocycles. The van der Waals surface area contributed by atoms with Crippen molar-refractivity contribution in [1.29, 1.82) is 0 Å². The predicted molar refractivity (Wildman–Crippen MR) is 52.7 cm³/mol. The van der Waals surface area contributed by atoms with E-state index in [-0.39, 0.29) is 12.4 Å². The second-order valence-electron chi connectivity index (χ2n) is 2.35. The summed E-state index contributed by atoms with van der Waals surface area (Å²) in [6.07, 6.45) is 1.69. The number of esters is 1. The summed E-state index contributed by atoms with van der Waals surface area (Å²) in [7, 11) is 1.34. The monoisotopic (exact) mass is 263 g/mol. The molecule has 1 rings (SSSR count). The lowest BCUT2D eigenvalue weighted by atomic mass is 10.2. The van der Waals surface area contributed by atoms with Crippen LogP contribution in [0.25, 0.3) is 0 Å². The third kappa shape index (κ3) is 2.97. The van der Waals surface area contributed by atoms with Gasteiger partial charge in [-0.1, -0.05) is 11.6 Å². The molecule has 1 aromatic rings. The van der Waals surface area contributed by atoms with Gasteiger partial charge in [-0.3, -0.25) is 4.79 Å². The van der Waals surface area contributed by atoms with Crippen LogP contribution in [0.3, 0.4) is 0 Å². The molecule has 1 heterocycles. The van der Waals surface area contributed by atoms with E-state index in [1.54, 1.807) is 12.3 Å². The topological polar surface area (TPSA) is 39.2 Å². The van der Waals surface area contributed by atoms with E-state index >= 15 is 0 Å². The molecule has 5 heteroatoms. The lowest BCUT2D eigenvalue weighted by Gasteiger charge is -2.01. The van der Waals surface area contributed by atoms with Crippen LogP contribution in [0.4, 0.5) is 0 Å². The molecule has 0 N–H and O–H groups in total. The van der Waals surface area contributed by atoms with Gasteiger partial charge in [-0.2, -0.15) is 0 Å². The molecule has 1 aromatic heterocycles. The first-order chi connectivity index (χ1) is 6.13. The molecule has 3 nitrogen and oxygen atoms in total. The van der Waals surface area contributed by atoms with Crippen LogP contribution in [0.5, 0.6) is 0 Å². The first-order valence-corrected chi connectivity index (χ1v) is 4.67. The largest absolute Gasteiger partial charge is 0.469 e. The first kappa shape index (κ1) is 10.5. The number of halogens is 2. The van der Waals surface area contributed by atoms with Crippen molar-refractivity contribution in [3.63, 3.8) is 0 Å². The summed E-state index contributed by atoms with van der Waals surface area (Å²) >= 11 is 9.02. The molecule has 0 radical (unpaired) electrons. The van der Waals surface area contributed by atoms with Gasteiger partial charge < -0.3 is 4.74 Å². The Labute approximate surface area is 89.2 Å². The van der Waals surface area contributed by atoms with Crippen molar-refractivity contribution in [3.8, 4) is 0 Å². The van der Waals surface area contributed by atoms with Crippen LogP contribution in [0.2, 0.25) is 5.02 Å². The van der Waals surface area contributed by atoms with Crippen LogP contribution < -0.4 is 0 Å². The zero-order valence-corrected chi connectivity index (χ0v) is 9.22. The number of aromatic nitrogens is 1. The van der Waals surface area contributed by atoms with Gasteiger partial charge in [0.15, 0.2) is 0 Å². The van der Waals surface area contributed by atoms with Crippen molar-refractivity contribution >= 4 is 33.5 Å². The maximum absolute atomic E-state index is 10.9. The molecule has 0 unspecified atom stereocenters. The fourth-order valence-corrected chi connectivity index (χ4v) is 1.48. The van der Waals surface area contributed by atoms with Gasteiger partial charge in [0.25, 0.3) is 0 Å². The van der Waals surface area contributed by atoms with Gasteiger partial charge >= 0.3 is 5.97 Å². The molecule has 70 valence electrons. The van der Waals surface area contributed by atoms with Crippen molar-refractivity contribution in [2.75, 3.05) is 7.11 Å². The van der Waals surface area contributed by atoms with E-state index in [4.69, 9.17) is 11.6 Å². The zero-order valence-electron chi connectivity index (χ0n) is 6.88. The highest BCUT2D eigenvalue weighted by Gasteiger charge is 2.07. The van der Waals surface area contributed by atoms with Crippen LogP contribution in [0.15, 0.2) is 16.9 Å². The molecule has 0 bridgehead atoms. The Bertz CT molecular complexity index is 330. The second kappa shape index (κ2) is 4.58. The normalized spacial score (nSPS) is 9.77. The molecule has 0 aliphatic heterocycles. The molecule has 0 amide bonds. The van der Waals surface area contributed by atoms with Crippen molar-refractivity contribution in [2.45, 2.75) is 6.42 Å². The van der Waals surface area contributed by atoms with E-state index in [0.29, 0.717) is 15.2 Å². The quantitative estimate of drug-likeness (QED) is 0.607. The fourth-order valence-electron chi connectivity index (χ4n) is 0.794. The molecule has 13 heavy (non-hydrogen) atoms. The van der Waals surface area contributed by atoms with E-state index in [1.807, 2.05) is 0 Å². The molecular weight excluding hydrogens is 257 g/mol. The van der Waals surface area contributed by atoms with E-state index in [1.165, 1.54) is 7.11 Å². The highest BCUT2D eigenvalue weighted by atomic mass is 79.9. The Morgan fingerprint density at radius 2 is 2.46 bits per heavy atom. The summed E-state index contributed by atoms with van der Waals surface area (Å²) in [4.78, 5) is 14.8. The third-order valence-corrected chi connectivity index (χ3v) is 2.24. The first-order valence-electron chi connectivity index (χ1n) is 3.50. The highest BCUT2D eigenvalue weighted by molar-refractivity contribution is 9.10. The van der Waals surface area contributed by atoms with Gasteiger partial charge in [0.1, 0.15) is 4.60 Å². The molecule has 0 spiro atoms. The molecule has 0 fully saturated rings. The Balaban J connectivity index is 2.83. The maximum atomic E-state index is 10.9. The smallest absolute Gasteiger partial charge is 0.310 e. The minimum atomic E-state index is -0.328. The van der Waals surface area contributed by atoms with E-state index < -0.39 is 0 Å². The van der Waals surface area contributed by atoms with E-state index in [2.05, 4.69) is 25.7 Å². The second-order valence-corrected chi connectivity index (χ2v) is 3.57. The van der Waals surface area contributed by atoms with Gasteiger partial charge in [0.2, 0.25) is 0 Å². The zero-order chi connectivity index (χ0) is 9.84. The Morgan fingerprint density at radius 3 is 3.00 bits per heavy atom. The molecule has 0 atom stereocenters. The molecule has 0 aliphatic rings. The number of carbonyl (C=O) groups excluding carboxylic acids is 1. The summed E-state index contributed by atoms with van der Waals surface area (Å²) in [5.41, 5.74) is 0.664. The standard InChI is InChI=1S/C8H7BrClNO2/c1-13-8(12)2-5-4-11-7(9)3-6(5)10/h3-4H,2H2,1H3. The van der Waals surface area contributed by atoms with Gasteiger partial charge in [-0.15, -0.1) is 0 Å². The lowest BCUT2D eigenvalue weighted by molar-refractivity contribution is -0.139. The van der Waals surface area contributed by atoms with Gasteiger partial charge in [-0.05, 0) is 22.0 Å². The maximum Gasteiger partial charge on any atom is 0.310 e. The van der Waals surface area contributed by atoms with Crippen molar-refractivity contribution in [2.24, 2.45) is 0 Å². The van der Waals surface area contributed by atoms with Crippen LogP contribution in [-0.4, -0.2) is 18.1 Å². The number of hydrogen-bond donors (Lipinski definition) is 0. The SMILES string of the molecule is COC(=O)Cc1cnc(Br)cc1Cl. The number of methoxy groups -OCH3 is 1. The molecule has 0 aromatic carbocycles. The number of ether oxygens (including phenoxy) is 1. The third-order valence-electron chi connectivity index (χ3n) is 1.46. The Kier molecular flexibility index (Phi) is 3.69. The highest BCUT2D eigenvalue weighted by Crippen LogP contribution is 2.19. The summed E-state index contributed by atoms with van der Waals surface area (Å²) in [5.74, 6) is -0.328. The predicted octanol–water partition coefficient (Wildman–Crippen LogP) is 2.21. The minimum absolute atomic E-state index is 0.148. The summed E-state index contributed by atoms with van der Waals surface area (Å²) in [5, 5.41) is 0.507. The van der Waals surface area contributed by atoms with Gasteiger partial charge in [0, 0.05) is 16.8 Å². The van der Waals surface area contributed by atoms with Crippen molar-refractivity contribution in [1.82, 2.24) is 4.98 Å². The number of rotatable bonds is 2. The number of carbonyl (C=O) groups is 1. The lowest BCUT2D eigenvalue weighted by Crippen LogP contribution is -2.05. The molecular formula is C8H7BrClNO2. The average molecular weight is 265 g/mol. The van der Waals surface area contributed by atoms with E-state index in [9.17, 15) is 4.79 Å². The van der Waals surface area contributed by atoms with Crippen LogP contribution in [-0.2, 0) is 16.0 Å². The summed E-state index contributed by atoms with van der Waals surface area (Å²) in [6.45, 7) is 0. The number of hydrogen-bond acceptors (Lipinski definition) is 3.